The molecule has 0 aliphatic carbocycles. The van der Waals surface area contributed by atoms with E-state index in [4.69, 9.17) is 9.15 Å². The van der Waals surface area contributed by atoms with Crippen LogP contribution in [0.1, 0.15) is 39.0 Å². The van der Waals surface area contributed by atoms with Crippen LogP contribution in [0, 0.1) is 0 Å². The van der Waals surface area contributed by atoms with Gasteiger partial charge >= 0.3 is 17.6 Å². The van der Waals surface area contributed by atoms with Gasteiger partial charge in [0.05, 0.1) is 10.9 Å². The van der Waals surface area contributed by atoms with E-state index in [-0.39, 0.29) is 12.0 Å². The summed E-state index contributed by atoms with van der Waals surface area (Å²) < 4.78 is 10.6. The fraction of sp³-hybridized carbons (Fsp3) is 0.286. The molecule has 1 aromatic heterocycles. The topological polar surface area (TPSA) is 81.4 Å². The van der Waals surface area contributed by atoms with E-state index in [1.54, 1.807) is 48.5 Å². The molecule has 2 aromatic carbocycles. The quantitative estimate of drug-likeness (QED) is 0.350. The number of fused-ring (bicyclic) bond motifs is 1. The Balaban J connectivity index is 1.67. The van der Waals surface area contributed by atoms with Gasteiger partial charge in [0.25, 0.3) is 0 Å². The number of para-hydroxylation sites is 1. The Morgan fingerprint density at radius 3 is 2.81 bits per heavy atom. The van der Waals surface area contributed by atoms with Crippen LogP contribution in [-0.2, 0) is 4.79 Å². The fourth-order valence-electron chi connectivity index (χ4n) is 2.71. The van der Waals surface area contributed by atoms with Crippen LogP contribution < -0.4 is 15.7 Å². The van der Waals surface area contributed by atoms with Crippen LogP contribution in [0.5, 0.6) is 5.75 Å². The first kappa shape index (κ1) is 18.6. The van der Waals surface area contributed by atoms with Crippen molar-refractivity contribution in [3.8, 4) is 5.75 Å². The summed E-state index contributed by atoms with van der Waals surface area (Å²) in [5, 5.41) is 3.37. The lowest BCUT2D eigenvalue weighted by molar-refractivity contribution is -0.134. The lowest BCUT2D eigenvalue weighted by Gasteiger charge is -2.08. The molecule has 0 unspecified atom stereocenters. The molecule has 3 aromatic rings. The number of esters is 1. The van der Waals surface area contributed by atoms with Crippen molar-refractivity contribution >= 4 is 28.6 Å². The molecule has 0 saturated heterocycles. The van der Waals surface area contributed by atoms with Gasteiger partial charge in [0.15, 0.2) is 0 Å². The predicted octanol–water partition coefficient (Wildman–Crippen LogP) is 4.81. The van der Waals surface area contributed by atoms with Crippen LogP contribution in [0.3, 0.4) is 0 Å². The van der Waals surface area contributed by atoms with Crippen molar-refractivity contribution in [1.82, 2.24) is 4.98 Å². The van der Waals surface area contributed by atoms with Gasteiger partial charge in [-0.05, 0) is 30.7 Å². The molecule has 27 heavy (non-hydrogen) atoms. The first-order valence-corrected chi connectivity index (χ1v) is 9.13. The summed E-state index contributed by atoms with van der Waals surface area (Å²) in [6.07, 6.45) is 4.51. The van der Waals surface area contributed by atoms with Gasteiger partial charge in [-0.2, -0.15) is 4.98 Å². The normalized spacial score (nSPS) is 10.7. The lowest BCUT2D eigenvalue weighted by atomic mass is 10.1. The summed E-state index contributed by atoms with van der Waals surface area (Å²) in [5.41, 5.74) is 0.695. The Morgan fingerprint density at radius 1 is 1.11 bits per heavy atom. The van der Waals surface area contributed by atoms with Gasteiger partial charge in [0.1, 0.15) is 5.75 Å². The second-order valence-corrected chi connectivity index (χ2v) is 6.26. The zero-order valence-electron chi connectivity index (χ0n) is 15.2. The molecule has 6 nitrogen and oxygen atoms in total. The minimum atomic E-state index is -0.460. The third kappa shape index (κ3) is 5.17. The molecule has 0 aliphatic heterocycles. The number of aromatic nitrogens is 1. The zero-order chi connectivity index (χ0) is 19.1. The number of carbonyl (C=O) groups excluding carboxylic acids is 1. The Bertz CT molecular complexity index is 981. The Hall–Kier alpha value is -3.15. The minimum Gasteiger partial charge on any atom is -0.426 e. The molecule has 0 fully saturated rings. The van der Waals surface area contributed by atoms with Crippen molar-refractivity contribution in [2.24, 2.45) is 0 Å². The predicted molar refractivity (Wildman–Crippen MR) is 104 cm³/mol. The highest BCUT2D eigenvalue weighted by Gasteiger charge is 2.08. The number of anilines is 2. The number of hydrogen-bond acceptors (Lipinski definition) is 6. The van der Waals surface area contributed by atoms with Crippen LogP contribution in [0.25, 0.3) is 10.9 Å². The second-order valence-electron chi connectivity index (χ2n) is 6.26. The van der Waals surface area contributed by atoms with Gasteiger partial charge < -0.3 is 14.5 Å². The van der Waals surface area contributed by atoms with Crippen molar-refractivity contribution in [3.05, 3.63) is 59.0 Å². The van der Waals surface area contributed by atoms with E-state index >= 15 is 0 Å². The molecule has 3 rings (SSSR count). The number of hydrogen-bond donors (Lipinski definition) is 1. The van der Waals surface area contributed by atoms with Gasteiger partial charge in [0.2, 0.25) is 0 Å². The van der Waals surface area contributed by atoms with Crippen molar-refractivity contribution in [3.63, 3.8) is 0 Å². The standard InChI is InChI=1S/C21H22N2O4/c1-2-3-4-5-13-19(24)26-16-10-8-9-15(14-16)22-21-23-18-12-7-6-11-17(18)20(25)27-21/h6-12,14H,2-5,13H2,1H3,(H,22,23). The van der Waals surface area contributed by atoms with Gasteiger partial charge in [-0.25, -0.2) is 4.79 Å². The monoisotopic (exact) mass is 366 g/mol. The maximum Gasteiger partial charge on any atom is 0.348 e. The molecular weight excluding hydrogens is 344 g/mol. The zero-order valence-corrected chi connectivity index (χ0v) is 15.2. The summed E-state index contributed by atoms with van der Waals surface area (Å²) in [5.74, 6) is 0.183. The van der Waals surface area contributed by atoms with Crippen LogP contribution in [-0.4, -0.2) is 11.0 Å². The number of benzene rings is 2. The average molecular weight is 366 g/mol. The summed E-state index contributed by atoms with van der Waals surface area (Å²) in [4.78, 5) is 28.2. The van der Waals surface area contributed by atoms with Gasteiger partial charge in [0, 0.05) is 18.2 Å². The van der Waals surface area contributed by atoms with Crippen molar-refractivity contribution in [2.45, 2.75) is 39.0 Å². The molecule has 6 heteroatoms. The van der Waals surface area contributed by atoms with Crippen molar-refractivity contribution in [2.75, 3.05) is 5.32 Å². The molecule has 0 amide bonds. The maximum atomic E-state index is 12.0. The van der Waals surface area contributed by atoms with E-state index in [1.165, 1.54) is 0 Å². The first-order valence-electron chi connectivity index (χ1n) is 9.13. The molecule has 1 N–H and O–H groups in total. The van der Waals surface area contributed by atoms with E-state index in [9.17, 15) is 9.59 Å². The highest BCUT2D eigenvalue weighted by Crippen LogP contribution is 2.21. The van der Waals surface area contributed by atoms with E-state index in [1.807, 2.05) is 0 Å². The Morgan fingerprint density at radius 2 is 1.96 bits per heavy atom. The number of rotatable bonds is 8. The summed E-state index contributed by atoms with van der Waals surface area (Å²) in [6, 6.07) is 14.0. The van der Waals surface area contributed by atoms with Gasteiger partial charge in [-0.15, -0.1) is 0 Å². The van der Waals surface area contributed by atoms with Crippen LogP contribution >= 0.6 is 0 Å². The number of nitrogens with zero attached hydrogens (tertiary/aromatic N) is 1. The summed E-state index contributed by atoms with van der Waals surface area (Å²) >= 11 is 0. The molecule has 0 atom stereocenters. The van der Waals surface area contributed by atoms with E-state index in [0.717, 1.165) is 25.7 Å². The first-order chi connectivity index (χ1) is 13.2. The molecule has 0 bridgehead atoms. The largest absolute Gasteiger partial charge is 0.426 e. The van der Waals surface area contributed by atoms with Crippen LogP contribution in [0.2, 0.25) is 0 Å². The van der Waals surface area contributed by atoms with Crippen LogP contribution in [0.4, 0.5) is 11.7 Å². The van der Waals surface area contributed by atoms with E-state index in [0.29, 0.717) is 28.8 Å². The van der Waals surface area contributed by atoms with Crippen LogP contribution in [0.15, 0.2) is 57.7 Å². The molecule has 0 radical (unpaired) electrons. The molecule has 0 saturated carbocycles. The SMILES string of the molecule is CCCCCCC(=O)Oc1cccc(Nc2nc3ccccc3c(=O)o2)c1. The molecular formula is C21H22N2O4. The highest BCUT2D eigenvalue weighted by molar-refractivity contribution is 5.78. The average Bonchev–Trinajstić information content (AvgIpc) is 2.66. The number of nitrogens with one attached hydrogen (secondary N) is 1. The number of carbonyl (C=O) groups is 1. The summed E-state index contributed by atoms with van der Waals surface area (Å²) in [7, 11) is 0. The molecule has 1 heterocycles. The Kier molecular flexibility index (Phi) is 6.20. The van der Waals surface area contributed by atoms with E-state index in [2.05, 4.69) is 17.2 Å². The lowest BCUT2D eigenvalue weighted by Crippen LogP contribution is -2.08. The fourth-order valence-corrected chi connectivity index (χ4v) is 2.71. The molecule has 0 spiro atoms. The summed E-state index contributed by atoms with van der Waals surface area (Å²) in [6.45, 7) is 2.13. The molecule has 140 valence electrons. The minimum absolute atomic E-state index is 0.0849. The highest BCUT2D eigenvalue weighted by atomic mass is 16.5. The maximum absolute atomic E-state index is 12.0. The number of ether oxygens (including phenoxy) is 1. The van der Waals surface area contributed by atoms with Crippen molar-refractivity contribution in [1.29, 1.82) is 0 Å². The Labute approximate surface area is 157 Å². The smallest absolute Gasteiger partial charge is 0.348 e. The van der Waals surface area contributed by atoms with Crippen molar-refractivity contribution < 1.29 is 13.9 Å². The number of unbranched alkanes of at least 4 members (excludes halogenated alkanes) is 3. The van der Waals surface area contributed by atoms with Gasteiger partial charge in [-0.1, -0.05) is 44.4 Å². The molecule has 0 aliphatic rings. The third-order valence-electron chi connectivity index (χ3n) is 4.09. The van der Waals surface area contributed by atoms with E-state index < -0.39 is 5.63 Å². The van der Waals surface area contributed by atoms with Gasteiger partial charge in [-0.3, -0.25) is 4.79 Å². The second kappa shape index (κ2) is 8.98. The third-order valence-corrected chi connectivity index (χ3v) is 4.09.